The first-order chi connectivity index (χ1) is 9.02. The van der Waals surface area contributed by atoms with E-state index in [2.05, 4.69) is 0 Å². The number of carbonyl (C=O) groups excluding carboxylic acids is 2. The summed E-state index contributed by atoms with van der Waals surface area (Å²) in [6.45, 7) is 2.53. The van der Waals surface area contributed by atoms with Gasteiger partial charge in [-0.05, 0) is 32.1 Å². The van der Waals surface area contributed by atoms with Gasteiger partial charge >= 0.3 is 5.97 Å². The van der Waals surface area contributed by atoms with Crippen molar-refractivity contribution in [3.63, 3.8) is 0 Å². The Kier molecular flexibility index (Phi) is 4.07. The van der Waals surface area contributed by atoms with Crippen molar-refractivity contribution in [1.82, 2.24) is 9.80 Å². The molecule has 2 saturated heterocycles. The van der Waals surface area contributed by atoms with E-state index in [4.69, 9.17) is 0 Å². The van der Waals surface area contributed by atoms with Crippen LogP contribution in [0.1, 0.15) is 39.0 Å². The van der Waals surface area contributed by atoms with Crippen molar-refractivity contribution in [2.45, 2.75) is 51.1 Å². The van der Waals surface area contributed by atoms with Gasteiger partial charge in [-0.25, -0.2) is 4.79 Å². The molecule has 2 heterocycles. The molecule has 2 atom stereocenters. The molecule has 0 saturated carbocycles. The van der Waals surface area contributed by atoms with Gasteiger partial charge in [-0.15, -0.1) is 0 Å². The lowest BCUT2D eigenvalue weighted by molar-refractivity contribution is -0.155. The van der Waals surface area contributed by atoms with Crippen molar-refractivity contribution in [3.8, 4) is 0 Å². The van der Waals surface area contributed by atoms with Gasteiger partial charge < -0.3 is 14.9 Å². The molecule has 0 aromatic heterocycles. The predicted molar refractivity (Wildman–Crippen MR) is 67.4 cm³/mol. The van der Waals surface area contributed by atoms with E-state index in [1.807, 2.05) is 0 Å². The number of rotatable bonds is 2. The van der Waals surface area contributed by atoms with E-state index in [1.54, 1.807) is 4.90 Å². The minimum Gasteiger partial charge on any atom is -0.480 e. The van der Waals surface area contributed by atoms with Gasteiger partial charge in [0.25, 0.3) is 0 Å². The predicted octanol–water partition coefficient (Wildman–Crippen LogP) is 0.463. The highest BCUT2D eigenvalue weighted by Crippen LogP contribution is 2.24. The topological polar surface area (TPSA) is 77.9 Å². The Hall–Kier alpha value is -1.59. The van der Waals surface area contributed by atoms with Gasteiger partial charge in [0.2, 0.25) is 11.8 Å². The van der Waals surface area contributed by atoms with E-state index >= 15 is 0 Å². The molecule has 6 nitrogen and oxygen atoms in total. The second-order valence-electron chi connectivity index (χ2n) is 5.25. The Morgan fingerprint density at radius 3 is 2.21 bits per heavy atom. The maximum Gasteiger partial charge on any atom is 0.326 e. The summed E-state index contributed by atoms with van der Waals surface area (Å²) in [5.41, 5.74) is 0. The molecule has 0 spiro atoms. The second-order valence-corrected chi connectivity index (χ2v) is 5.25. The van der Waals surface area contributed by atoms with Crippen molar-refractivity contribution >= 4 is 17.8 Å². The van der Waals surface area contributed by atoms with E-state index in [0.717, 1.165) is 19.3 Å². The van der Waals surface area contributed by atoms with E-state index in [1.165, 1.54) is 11.8 Å². The fourth-order valence-corrected chi connectivity index (χ4v) is 3.04. The molecular weight excluding hydrogens is 248 g/mol. The fourth-order valence-electron chi connectivity index (χ4n) is 3.04. The van der Waals surface area contributed by atoms with E-state index in [9.17, 15) is 19.5 Å². The quantitative estimate of drug-likeness (QED) is 0.789. The van der Waals surface area contributed by atoms with Gasteiger partial charge in [-0.2, -0.15) is 0 Å². The standard InChI is InChI=1S/C13H20N2O4/c1-9(16)14-8-4-6-10(14)12(17)15-7-3-2-5-11(15)13(18)19/h10-11H,2-8H2,1H3,(H,18,19)/t10-,11-/m0/s1. The Morgan fingerprint density at radius 1 is 0.947 bits per heavy atom. The molecule has 0 unspecified atom stereocenters. The Labute approximate surface area is 112 Å². The molecule has 0 aromatic carbocycles. The summed E-state index contributed by atoms with van der Waals surface area (Å²) >= 11 is 0. The molecule has 0 aliphatic carbocycles. The van der Waals surface area contributed by atoms with Crippen molar-refractivity contribution in [2.24, 2.45) is 0 Å². The number of nitrogens with zero attached hydrogens (tertiary/aromatic N) is 2. The number of carbonyl (C=O) groups is 3. The highest BCUT2D eigenvalue weighted by molar-refractivity contribution is 5.90. The van der Waals surface area contributed by atoms with Crippen molar-refractivity contribution in [3.05, 3.63) is 0 Å². The molecule has 6 heteroatoms. The molecule has 0 bridgehead atoms. The molecule has 1 N–H and O–H groups in total. The van der Waals surface area contributed by atoms with Gasteiger partial charge in [-0.1, -0.05) is 0 Å². The van der Waals surface area contributed by atoms with Gasteiger partial charge in [0, 0.05) is 20.0 Å². The minimum atomic E-state index is -0.944. The zero-order valence-corrected chi connectivity index (χ0v) is 11.2. The van der Waals surface area contributed by atoms with Crippen LogP contribution in [-0.4, -0.2) is 57.9 Å². The minimum absolute atomic E-state index is 0.111. The molecule has 0 aromatic rings. The molecule has 19 heavy (non-hydrogen) atoms. The molecule has 0 radical (unpaired) electrons. The van der Waals surface area contributed by atoms with E-state index < -0.39 is 18.1 Å². The number of likely N-dealkylation sites (tertiary alicyclic amines) is 2. The fraction of sp³-hybridized carbons (Fsp3) is 0.769. The third-order valence-corrected chi connectivity index (χ3v) is 4.01. The van der Waals surface area contributed by atoms with Crippen LogP contribution < -0.4 is 0 Å². The summed E-state index contributed by atoms with van der Waals surface area (Å²) in [5.74, 6) is -1.25. The molecule has 2 amide bonds. The number of carboxylic acid groups (broad SMARTS) is 1. The van der Waals surface area contributed by atoms with Gasteiger partial charge in [0.15, 0.2) is 0 Å². The SMILES string of the molecule is CC(=O)N1CCC[C@H]1C(=O)N1CCCC[C@H]1C(=O)O. The number of piperidine rings is 1. The average Bonchev–Trinajstić information content (AvgIpc) is 2.87. The molecule has 2 fully saturated rings. The monoisotopic (exact) mass is 268 g/mol. The van der Waals surface area contributed by atoms with Crippen LogP contribution in [0.3, 0.4) is 0 Å². The first-order valence-electron chi connectivity index (χ1n) is 6.83. The number of aliphatic carboxylic acids is 1. The van der Waals surface area contributed by atoms with Crippen LogP contribution in [0.15, 0.2) is 0 Å². The molecule has 2 aliphatic rings. The van der Waals surface area contributed by atoms with Crippen LogP contribution in [0, 0.1) is 0 Å². The lowest BCUT2D eigenvalue weighted by Gasteiger charge is -2.36. The van der Waals surface area contributed by atoms with Crippen LogP contribution in [0.5, 0.6) is 0 Å². The largest absolute Gasteiger partial charge is 0.480 e. The van der Waals surface area contributed by atoms with E-state index in [0.29, 0.717) is 25.9 Å². The van der Waals surface area contributed by atoms with Crippen molar-refractivity contribution in [1.29, 1.82) is 0 Å². The lowest BCUT2D eigenvalue weighted by Crippen LogP contribution is -2.54. The number of amides is 2. The highest BCUT2D eigenvalue weighted by atomic mass is 16.4. The third kappa shape index (κ3) is 2.72. The molecule has 2 rings (SSSR count). The van der Waals surface area contributed by atoms with E-state index in [-0.39, 0.29) is 11.8 Å². The summed E-state index contributed by atoms with van der Waals surface area (Å²) in [7, 11) is 0. The van der Waals surface area contributed by atoms with Gasteiger partial charge in [0.05, 0.1) is 0 Å². The Morgan fingerprint density at radius 2 is 1.58 bits per heavy atom. The zero-order valence-electron chi connectivity index (χ0n) is 11.2. The summed E-state index contributed by atoms with van der Waals surface area (Å²) in [6.07, 6.45) is 3.63. The maximum atomic E-state index is 12.5. The van der Waals surface area contributed by atoms with Gasteiger partial charge in [0.1, 0.15) is 12.1 Å². The summed E-state index contributed by atoms with van der Waals surface area (Å²) in [4.78, 5) is 38.2. The van der Waals surface area contributed by atoms with Crippen LogP contribution in [-0.2, 0) is 14.4 Å². The first-order valence-corrected chi connectivity index (χ1v) is 6.83. The third-order valence-electron chi connectivity index (χ3n) is 4.01. The summed E-state index contributed by atoms with van der Waals surface area (Å²) in [6, 6.07) is -1.19. The van der Waals surface area contributed by atoms with Gasteiger partial charge in [-0.3, -0.25) is 9.59 Å². The van der Waals surface area contributed by atoms with Crippen molar-refractivity contribution < 1.29 is 19.5 Å². The second kappa shape index (κ2) is 5.59. The van der Waals surface area contributed by atoms with Crippen LogP contribution in [0.25, 0.3) is 0 Å². The summed E-state index contributed by atoms with van der Waals surface area (Å²) < 4.78 is 0. The molecular formula is C13H20N2O4. The highest BCUT2D eigenvalue weighted by Gasteiger charge is 2.40. The Balaban J connectivity index is 2.13. The zero-order chi connectivity index (χ0) is 14.0. The molecule has 2 aliphatic heterocycles. The smallest absolute Gasteiger partial charge is 0.326 e. The van der Waals surface area contributed by atoms with Crippen LogP contribution in [0.2, 0.25) is 0 Å². The lowest BCUT2D eigenvalue weighted by atomic mass is 10.0. The number of carboxylic acids is 1. The Bertz CT molecular complexity index is 396. The average molecular weight is 268 g/mol. The first kappa shape index (κ1) is 13.8. The normalized spacial score (nSPS) is 27.4. The van der Waals surface area contributed by atoms with Crippen molar-refractivity contribution in [2.75, 3.05) is 13.1 Å². The molecule has 106 valence electrons. The number of hydrogen-bond donors (Lipinski definition) is 1. The number of hydrogen-bond acceptors (Lipinski definition) is 3. The maximum absolute atomic E-state index is 12.5. The van der Waals surface area contributed by atoms with Crippen LogP contribution in [0.4, 0.5) is 0 Å². The summed E-state index contributed by atoms with van der Waals surface area (Å²) in [5, 5.41) is 9.20. The van der Waals surface area contributed by atoms with Crippen LogP contribution >= 0.6 is 0 Å².